The normalized spacial score (nSPS) is 18.2. The number of hydrogen-bond acceptors (Lipinski definition) is 3. The summed E-state index contributed by atoms with van der Waals surface area (Å²) < 4.78 is 5.73. The van der Waals surface area contributed by atoms with Crippen LogP contribution in [0.25, 0.3) is 0 Å². The van der Waals surface area contributed by atoms with E-state index in [1.807, 2.05) is 26.0 Å². The van der Waals surface area contributed by atoms with Gasteiger partial charge in [0, 0.05) is 20.2 Å². The lowest BCUT2D eigenvalue weighted by atomic mass is 9.91. The Kier molecular flexibility index (Phi) is 6.27. The summed E-state index contributed by atoms with van der Waals surface area (Å²) in [5.74, 6) is 0.464. The lowest BCUT2D eigenvalue weighted by Crippen LogP contribution is -2.37. The Morgan fingerprint density at radius 1 is 1.25 bits per heavy atom. The van der Waals surface area contributed by atoms with Gasteiger partial charge in [-0.1, -0.05) is 33.8 Å². The van der Waals surface area contributed by atoms with Gasteiger partial charge in [0.05, 0.1) is 11.7 Å². The van der Waals surface area contributed by atoms with E-state index in [0.717, 1.165) is 37.0 Å². The topological polar surface area (TPSA) is 49.8 Å². The number of phenols is 1. The van der Waals surface area contributed by atoms with Gasteiger partial charge in [0.25, 0.3) is 5.91 Å². The van der Waals surface area contributed by atoms with Crippen LogP contribution < -0.4 is 0 Å². The van der Waals surface area contributed by atoms with Crippen molar-refractivity contribution < 1.29 is 14.6 Å². The molecule has 4 nitrogen and oxygen atoms in total. The number of hydrogen-bond donors (Lipinski definition) is 1. The monoisotopic (exact) mass is 333 g/mol. The summed E-state index contributed by atoms with van der Waals surface area (Å²) in [4.78, 5) is 14.6. The zero-order chi connectivity index (χ0) is 17.9. The van der Waals surface area contributed by atoms with Crippen molar-refractivity contribution in [1.82, 2.24) is 4.90 Å². The number of carbonyl (C=O) groups is 1. The molecule has 1 atom stereocenters. The molecule has 2 rings (SSSR count). The molecule has 1 aromatic carbocycles. The summed E-state index contributed by atoms with van der Waals surface area (Å²) >= 11 is 0. The number of ether oxygens (including phenoxy) is 1. The minimum absolute atomic E-state index is 0.104. The Hall–Kier alpha value is -1.55. The molecular formula is C20H31NO3. The van der Waals surface area contributed by atoms with E-state index >= 15 is 0 Å². The van der Waals surface area contributed by atoms with Gasteiger partial charge in [-0.25, -0.2) is 0 Å². The number of phenolic OH excluding ortho intramolecular Hbond substituents is 1. The first-order valence-corrected chi connectivity index (χ1v) is 9.05. The van der Waals surface area contributed by atoms with Crippen LogP contribution in [0.5, 0.6) is 5.75 Å². The lowest BCUT2D eigenvalue weighted by Gasteiger charge is -2.28. The van der Waals surface area contributed by atoms with Gasteiger partial charge in [-0.05, 0) is 48.3 Å². The Bertz CT molecular complexity index is 574. The maximum Gasteiger partial charge on any atom is 0.257 e. The van der Waals surface area contributed by atoms with Crippen LogP contribution in [-0.4, -0.2) is 42.2 Å². The van der Waals surface area contributed by atoms with Crippen LogP contribution >= 0.6 is 0 Å². The summed E-state index contributed by atoms with van der Waals surface area (Å²) in [5, 5.41) is 10.6. The molecule has 0 bridgehead atoms. The summed E-state index contributed by atoms with van der Waals surface area (Å²) in [6.45, 7) is 9.62. The van der Waals surface area contributed by atoms with E-state index in [1.54, 1.807) is 11.9 Å². The van der Waals surface area contributed by atoms with Crippen LogP contribution in [0, 0.1) is 0 Å². The number of nitrogens with zero attached hydrogens (tertiary/aromatic N) is 1. The maximum atomic E-state index is 12.9. The first kappa shape index (κ1) is 18.8. The molecule has 0 aliphatic carbocycles. The number of amides is 1. The van der Waals surface area contributed by atoms with Crippen LogP contribution in [0.2, 0.25) is 0 Å². The number of rotatable bonds is 5. The second-order valence-corrected chi connectivity index (χ2v) is 7.49. The highest BCUT2D eigenvalue weighted by Gasteiger charge is 2.24. The fourth-order valence-electron chi connectivity index (χ4n) is 3.16. The highest BCUT2D eigenvalue weighted by atomic mass is 16.5. The third kappa shape index (κ3) is 4.29. The molecule has 1 saturated heterocycles. The van der Waals surface area contributed by atoms with E-state index in [4.69, 9.17) is 4.74 Å². The minimum Gasteiger partial charge on any atom is -0.507 e. The Morgan fingerprint density at radius 2 is 1.96 bits per heavy atom. The van der Waals surface area contributed by atoms with Crippen molar-refractivity contribution in [3.05, 3.63) is 28.8 Å². The van der Waals surface area contributed by atoms with E-state index in [9.17, 15) is 9.90 Å². The molecule has 0 saturated carbocycles. The van der Waals surface area contributed by atoms with Crippen molar-refractivity contribution >= 4 is 5.91 Å². The number of carbonyl (C=O) groups excluding carboxylic acids is 1. The average Bonchev–Trinajstić information content (AvgIpc) is 2.54. The molecule has 0 spiro atoms. The van der Waals surface area contributed by atoms with Gasteiger partial charge in [0.15, 0.2) is 0 Å². The molecule has 24 heavy (non-hydrogen) atoms. The molecule has 0 aromatic heterocycles. The van der Waals surface area contributed by atoms with Crippen LogP contribution in [0.3, 0.4) is 0 Å². The Labute approximate surface area is 145 Å². The van der Waals surface area contributed by atoms with E-state index in [1.165, 1.54) is 0 Å². The molecule has 4 heteroatoms. The van der Waals surface area contributed by atoms with Crippen LogP contribution in [0.15, 0.2) is 12.1 Å². The summed E-state index contributed by atoms with van der Waals surface area (Å²) in [7, 11) is 1.79. The van der Waals surface area contributed by atoms with Gasteiger partial charge in [0.1, 0.15) is 5.75 Å². The van der Waals surface area contributed by atoms with Gasteiger partial charge in [-0.2, -0.15) is 0 Å². The maximum absolute atomic E-state index is 12.9. The predicted molar refractivity (Wildman–Crippen MR) is 96.8 cm³/mol. The second-order valence-electron chi connectivity index (χ2n) is 7.49. The third-order valence-electron chi connectivity index (χ3n) is 4.78. The van der Waals surface area contributed by atoms with E-state index in [-0.39, 0.29) is 23.7 Å². The first-order chi connectivity index (χ1) is 11.3. The van der Waals surface area contributed by atoms with Crippen molar-refractivity contribution in [2.45, 2.75) is 64.9 Å². The molecule has 1 fully saturated rings. The number of benzene rings is 1. The van der Waals surface area contributed by atoms with E-state index < -0.39 is 0 Å². The van der Waals surface area contributed by atoms with E-state index in [0.29, 0.717) is 18.0 Å². The molecule has 0 radical (unpaired) electrons. The van der Waals surface area contributed by atoms with Crippen LogP contribution in [0.4, 0.5) is 0 Å². The molecule has 1 heterocycles. The van der Waals surface area contributed by atoms with Crippen molar-refractivity contribution in [3.8, 4) is 5.75 Å². The van der Waals surface area contributed by atoms with E-state index in [2.05, 4.69) is 13.8 Å². The minimum atomic E-state index is -0.133. The Balaban J connectivity index is 2.26. The van der Waals surface area contributed by atoms with Crippen molar-refractivity contribution in [2.24, 2.45) is 0 Å². The molecule has 1 aromatic rings. The smallest absolute Gasteiger partial charge is 0.257 e. The SMILES string of the molecule is CC(C)c1cc(C(=O)N(C)C[C@H]2CCCCO2)c(O)c(C(C)C)c1. The van der Waals surface area contributed by atoms with Crippen molar-refractivity contribution in [2.75, 3.05) is 20.2 Å². The van der Waals surface area contributed by atoms with Gasteiger partial charge >= 0.3 is 0 Å². The third-order valence-corrected chi connectivity index (χ3v) is 4.78. The van der Waals surface area contributed by atoms with Crippen molar-refractivity contribution in [3.63, 3.8) is 0 Å². The number of likely N-dealkylation sites (N-methyl/N-ethyl adjacent to an activating group) is 1. The van der Waals surface area contributed by atoms with Crippen LogP contribution in [-0.2, 0) is 4.74 Å². The standard InChI is InChI=1S/C20H31NO3/c1-13(2)15-10-17(14(3)4)19(22)18(11-15)20(23)21(5)12-16-8-6-7-9-24-16/h10-11,13-14,16,22H,6-9,12H2,1-5H3/t16-/m1/s1. The molecule has 1 amide bonds. The zero-order valence-corrected chi connectivity index (χ0v) is 15.6. The predicted octanol–water partition coefficient (Wildman–Crippen LogP) is 4.28. The fraction of sp³-hybridized carbons (Fsp3) is 0.650. The lowest BCUT2D eigenvalue weighted by molar-refractivity contribution is -0.000245. The highest BCUT2D eigenvalue weighted by Crippen LogP contribution is 2.33. The Morgan fingerprint density at radius 3 is 2.50 bits per heavy atom. The van der Waals surface area contributed by atoms with Gasteiger partial charge in [0.2, 0.25) is 0 Å². The molecule has 134 valence electrons. The highest BCUT2D eigenvalue weighted by molar-refractivity contribution is 5.97. The zero-order valence-electron chi connectivity index (χ0n) is 15.6. The van der Waals surface area contributed by atoms with Gasteiger partial charge < -0.3 is 14.7 Å². The largest absolute Gasteiger partial charge is 0.507 e. The summed E-state index contributed by atoms with van der Waals surface area (Å²) in [5.41, 5.74) is 2.33. The molecule has 0 unspecified atom stereocenters. The summed E-state index contributed by atoms with van der Waals surface area (Å²) in [6.07, 6.45) is 3.35. The molecule has 1 aliphatic rings. The summed E-state index contributed by atoms with van der Waals surface area (Å²) in [6, 6.07) is 3.86. The number of aromatic hydroxyl groups is 1. The molecular weight excluding hydrogens is 302 g/mol. The molecule has 1 N–H and O–H groups in total. The average molecular weight is 333 g/mol. The van der Waals surface area contributed by atoms with Gasteiger partial charge in [-0.15, -0.1) is 0 Å². The quantitative estimate of drug-likeness (QED) is 0.875. The first-order valence-electron chi connectivity index (χ1n) is 9.05. The second kappa shape index (κ2) is 8.02. The van der Waals surface area contributed by atoms with Crippen LogP contribution in [0.1, 0.15) is 80.3 Å². The molecule has 1 aliphatic heterocycles. The van der Waals surface area contributed by atoms with Gasteiger partial charge in [-0.3, -0.25) is 4.79 Å². The fourth-order valence-corrected chi connectivity index (χ4v) is 3.16. The van der Waals surface area contributed by atoms with Crippen molar-refractivity contribution in [1.29, 1.82) is 0 Å².